The number of alkyl halides is 3. The number of primary amides is 1. The van der Waals surface area contributed by atoms with E-state index in [-0.39, 0.29) is 35.0 Å². The molecule has 4 N–H and O–H groups in total. The highest BCUT2D eigenvalue weighted by Gasteiger charge is 2.32. The van der Waals surface area contributed by atoms with E-state index in [1.54, 1.807) is 12.1 Å². The van der Waals surface area contributed by atoms with Gasteiger partial charge < -0.3 is 20.5 Å². The van der Waals surface area contributed by atoms with Gasteiger partial charge in [0.25, 0.3) is 5.91 Å². The second-order valence-corrected chi connectivity index (χ2v) is 9.11. The van der Waals surface area contributed by atoms with E-state index in [0.717, 1.165) is 6.07 Å². The van der Waals surface area contributed by atoms with Crippen molar-refractivity contribution in [2.24, 2.45) is 5.73 Å². The van der Waals surface area contributed by atoms with E-state index in [9.17, 15) is 32.1 Å². The van der Waals surface area contributed by atoms with Gasteiger partial charge in [0.2, 0.25) is 5.91 Å². The average Bonchev–Trinajstić information content (AvgIpc) is 2.79. The maximum absolute atomic E-state index is 13.3. The maximum atomic E-state index is 13.3. The number of benzene rings is 3. The van der Waals surface area contributed by atoms with Gasteiger partial charge in [-0.15, -0.1) is 0 Å². The van der Waals surface area contributed by atoms with Crippen LogP contribution in [0.4, 0.5) is 24.5 Å². The van der Waals surface area contributed by atoms with Crippen molar-refractivity contribution in [3.8, 4) is 16.9 Å². The third-order valence-corrected chi connectivity index (χ3v) is 6.12. The zero-order valence-electron chi connectivity index (χ0n) is 18.3. The number of fused-ring (bicyclic) bond motifs is 1. The third kappa shape index (κ3) is 4.99. The van der Waals surface area contributed by atoms with Gasteiger partial charge in [0.05, 0.1) is 11.3 Å². The van der Waals surface area contributed by atoms with Crippen LogP contribution in [0.15, 0.2) is 54.6 Å². The smallest absolute Gasteiger partial charge is 0.416 e. The molecule has 11 heteroatoms. The van der Waals surface area contributed by atoms with Crippen LogP contribution in [-0.4, -0.2) is 33.9 Å². The Bertz CT molecular complexity index is 1370. The predicted octanol–water partition coefficient (Wildman–Crippen LogP) is 4.09. The number of aromatic hydroxyl groups is 1. The van der Waals surface area contributed by atoms with Gasteiger partial charge in [-0.3, -0.25) is 9.59 Å². The van der Waals surface area contributed by atoms with Crippen molar-refractivity contribution in [3.05, 3.63) is 76.9 Å². The van der Waals surface area contributed by atoms with Crippen LogP contribution in [0.1, 0.15) is 31.8 Å². The molecule has 35 heavy (non-hydrogen) atoms. The molecule has 3 aromatic carbocycles. The monoisotopic (exact) mass is 503 g/mol. The number of nitrogens with two attached hydrogens (primary N) is 1. The number of hydrogen-bond donors (Lipinski definition) is 3. The Hall–Kier alpha value is -3.86. The lowest BCUT2D eigenvalue weighted by Gasteiger charge is -2.29. The van der Waals surface area contributed by atoms with E-state index in [2.05, 4.69) is 4.72 Å². The first-order valence-electron chi connectivity index (χ1n) is 10.3. The summed E-state index contributed by atoms with van der Waals surface area (Å²) in [5.41, 5.74) is 6.27. The highest BCUT2D eigenvalue weighted by atomic mass is 32.2. The first-order valence-corrected chi connectivity index (χ1v) is 11.9. The van der Waals surface area contributed by atoms with Crippen molar-refractivity contribution in [1.82, 2.24) is 0 Å². The van der Waals surface area contributed by atoms with E-state index < -0.39 is 28.6 Å². The van der Waals surface area contributed by atoms with Crippen molar-refractivity contribution >= 4 is 34.2 Å². The molecule has 1 aliphatic heterocycles. The molecule has 0 saturated heterocycles. The lowest BCUT2D eigenvalue weighted by atomic mass is 9.92. The second-order valence-electron chi connectivity index (χ2n) is 8.00. The average molecular weight is 504 g/mol. The summed E-state index contributed by atoms with van der Waals surface area (Å²) >= 11 is 0. The van der Waals surface area contributed by atoms with Crippen LogP contribution in [0.25, 0.3) is 11.1 Å². The fraction of sp³-hybridized carbons (Fsp3) is 0.167. The van der Waals surface area contributed by atoms with E-state index in [0.29, 0.717) is 34.9 Å². The zero-order chi connectivity index (χ0) is 25.5. The summed E-state index contributed by atoms with van der Waals surface area (Å²) in [6.45, 7) is 0.282. The molecule has 0 bridgehead atoms. The van der Waals surface area contributed by atoms with Gasteiger partial charge in [0.15, 0.2) is 0 Å². The molecular weight excluding hydrogens is 483 g/mol. The summed E-state index contributed by atoms with van der Waals surface area (Å²) < 4.78 is 54.1. The lowest BCUT2D eigenvalue weighted by Crippen LogP contribution is -2.37. The number of anilines is 2. The second kappa shape index (κ2) is 9.06. The Morgan fingerprint density at radius 3 is 2.49 bits per heavy atom. The van der Waals surface area contributed by atoms with Crippen molar-refractivity contribution in [1.29, 1.82) is 0 Å². The summed E-state index contributed by atoms with van der Waals surface area (Å²) in [6, 6.07) is 12.1. The number of amides is 2. The van der Waals surface area contributed by atoms with E-state index in [1.807, 2.05) is 0 Å². The van der Waals surface area contributed by atoms with Crippen molar-refractivity contribution in [2.45, 2.75) is 12.6 Å². The van der Waals surface area contributed by atoms with Crippen LogP contribution in [0.5, 0.6) is 5.75 Å². The molecule has 182 valence electrons. The van der Waals surface area contributed by atoms with E-state index in [1.165, 1.54) is 41.5 Å². The van der Waals surface area contributed by atoms with Crippen LogP contribution in [-0.2, 0) is 23.6 Å². The van der Waals surface area contributed by atoms with Crippen LogP contribution in [0.2, 0.25) is 0 Å². The van der Waals surface area contributed by atoms with Gasteiger partial charge >= 0.3 is 6.18 Å². The van der Waals surface area contributed by atoms with Gasteiger partial charge in [-0.2, -0.15) is 13.2 Å². The minimum Gasteiger partial charge on any atom is -0.506 e. The van der Waals surface area contributed by atoms with Crippen molar-refractivity contribution < 1.29 is 32.1 Å². The molecule has 0 fully saturated rings. The highest BCUT2D eigenvalue weighted by Crippen LogP contribution is 2.36. The predicted molar refractivity (Wildman–Crippen MR) is 127 cm³/mol. The summed E-state index contributed by atoms with van der Waals surface area (Å²) in [5.74, 6) is -1.42. The molecule has 1 aliphatic rings. The van der Waals surface area contributed by atoms with Gasteiger partial charge in [-0.05, 0) is 65.6 Å². The quantitative estimate of drug-likeness (QED) is 0.456. The summed E-state index contributed by atoms with van der Waals surface area (Å²) in [7, 11) is -1.43. The molecular formula is C24H20F3N3O4S. The largest absolute Gasteiger partial charge is 0.506 e. The number of phenols is 1. The molecule has 3 aromatic rings. The number of nitrogens with zero attached hydrogens (tertiary/aromatic N) is 1. The minimum atomic E-state index is -4.66. The summed E-state index contributed by atoms with van der Waals surface area (Å²) in [4.78, 5) is 26.3. The fourth-order valence-corrected chi connectivity index (χ4v) is 4.42. The Balaban J connectivity index is 1.69. The fourth-order valence-electron chi connectivity index (χ4n) is 3.94. The molecule has 0 aromatic heterocycles. The normalized spacial score (nSPS) is 14.4. The standard InChI is InChI=1S/C24H20F3N3O4S/c1-35(34)29-20-12-18(3-5-21(20)31)30-7-6-14-8-13(2-4-19(14)23(30)33)15-9-16(22(28)32)11-17(10-15)24(25,26)27/h2-5,8-12,29,31H,6-7H2,1H3,(H2,28,32). The van der Waals surface area contributed by atoms with E-state index >= 15 is 0 Å². The molecule has 4 rings (SSSR count). The molecule has 7 nitrogen and oxygen atoms in total. The zero-order valence-corrected chi connectivity index (χ0v) is 19.2. The molecule has 1 heterocycles. The molecule has 1 unspecified atom stereocenters. The van der Waals surface area contributed by atoms with E-state index in [4.69, 9.17) is 5.73 Å². The van der Waals surface area contributed by atoms with Crippen LogP contribution in [0, 0.1) is 0 Å². The third-order valence-electron chi connectivity index (χ3n) is 5.61. The molecule has 0 aliphatic carbocycles. The Morgan fingerprint density at radius 1 is 1.09 bits per heavy atom. The Kier molecular flexibility index (Phi) is 6.28. The Morgan fingerprint density at radius 2 is 1.83 bits per heavy atom. The number of hydrogen-bond acceptors (Lipinski definition) is 4. The van der Waals surface area contributed by atoms with Crippen molar-refractivity contribution in [2.75, 3.05) is 22.4 Å². The van der Waals surface area contributed by atoms with Crippen LogP contribution >= 0.6 is 0 Å². The molecule has 0 spiro atoms. The molecule has 0 saturated carbocycles. The van der Waals surface area contributed by atoms with Gasteiger partial charge in [-0.1, -0.05) is 12.1 Å². The first-order chi connectivity index (χ1) is 16.4. The van der Waals surface area contributed by atoms with Gasteiger partial charge in [-0.25, -0.2) is 4.21 Å². The number of phenolic OH excluding ortho intramolecular Hbond substituents is 1. The number of carbonyl (C=O) groups is 2. The van der Waals surface area contributed by atoms with Gasteiger partial charge in [0.1, 0.15) is 16.7 Å². The van der Waals surface area contributed by atoms with Gasteiger partial charge in [0, 0.05) is 29.6 Å². The summed E-state index contributed by atoms with van der Waals surface area (Å²) in [5, 5.41) is 9.97. The highest BCUT2D eigenvalue weighted by molar-refractivity contribution is 7.85. The number of halogens is 3. The Labute approximate surface area is 201 Å². The van der Waals surface area contributed by atoms with Crippen molar-refractivity contribution in [3.63, 3.8) is 0 Å². The minimum absolute atomic E-state index is 0.116. The summed E-state index contributed by atoms with van der Waals surface area (Å²) in [6.07, 6.45) is -2.84. The molecule has 0 radical (unpaired) electrons. The lowest BCUT2D eigenvalue weighted by molar-refractivity contribution is -0.137. The topological polar surface area (TPSA) is 113 Å². The van der Waals surface area contributed by atoms with Crippen LogP contribution < -0.4 is 15.4 Å². The molecule has 1 atom stereocenters. The maximum Gasteiger partial charge on any atom is 0.416 e. The van der Waals surface area contributed by atoms with Crippen LogP contribution in [0.3, 0.4) is 0 Å². The number of nitrogens with one attached hydrogen (secondary N) is 1. The SMILES string of the molecule is CS(=O)Nc1cc(N2CCc3cc(-c4cc(C(N)=O)cc(C(F)(F)F)c4)ccc3C2=O)ccc1O. The molecule has 2 amide bonds. The number of carbonyl (C=O) groups excluding carboxylic acids is 2. The number of rotatable bonds is 5. The first kappa shape index (κ1) is 24.3.